The van der Waals surface area contributed by atoms with Gasteiger partial charge in [-0.1, -0.05) is 61.4 Å². The molecule has 0 atom stereocenters. The molecule has 0 N–H and O–H groups in total. The molecule has 0 rings (SSSR count). The summed E-state index contributed by atoms with van der Waals surface area (Å²) in [5, 5.41) is 0. The maximum absolute atomic E-state index is 3.91. The summed E-state index contributed by atoms with van der Waals surface area (Å²) in [5.41, 5.74) is 4.31. The molecule has 0 amide bonds. The highest BCUT2D eigenvalue weighted by atomic mass is 14.0. The molecule has 0 aliphatic rings. The first kappa shape index (κ1) is 18.0. The lowest BCUT2D eigenvalue weighted by Crippen LogP contribution is -1.86. The van der Waals surface area contributed by atoms with Gasteiger partial charge in [0.1, 0.15) is 0 Å². The van der Waals surface area contributed by atoms with Crippen molar-refractivity contribution < 1.29 is 0 Å². The maximum atomic E-state index is 3.91. The second-order valence-corrected chi connectivity index (χ2v) is 6.02. The Morgan fingerprint density at radius 3 is 2.11 bits per heavy atom. The smallest absolute Gasteiger partial charge is 0.0247 e. The van der Waals surface area contributed by atoms with E-state index in [1.807, 2.05) is 6.08 Å². The van der Waals surface area contributed by atoms with E-state index < -0.39 is 0 Å². The van der Waals surface area contributed by atoms with Crippen molar-refractivity contribution in [1.29, 1.82) is 0 Å². The van der Waals surface area contributed by atoms with Crippen molar-refractivity contribution in [3.05, 3.63) is 47.6 Å². The van der Waals surface area contributed by atoms with Crippen molar-refractivity contribution >= 4 is 0 Å². The van der Waals surface area contributed by atoms with Crippen molar-refractivity contribution in [2.45, 2.75) is 66.7 Å². The fourth-order valence-corrected chi connectivity index (χ4v) is 1.85. The third-order valence-electron chi connectivity index (χ3n) is 3.13. The fourth-order valence-electron chi connectivity index (χ4n) is 1.85. The highest BCUT2D eigenvalue weighted by Crippen LogP contribution is 2.14. The molecule has 0 spiro atoms. The molecule has 0 heterocycles. The normalized spacial score (nSPS) is 12.7. The van der Waals surface area contributed by atoms with Gasteiger partial charge in [0.05, 0.1) is 0 Å². The molecular formula is C19H32. The van der Waals surface area contributed by atoms with Gasteiger partial charge in [0.25, 0.3) is 0 Å². The van der Waals surface area contributed by atoms with Crippen LogP contribution in [0.5, 0.6) is 0 Å². The molecule has 0 aromatic carbocycles. The van der Waals surface area contributed by atoms with E-state index in [9.17, 15) is 0 Å². The van der Waals surface area contributed by atoms with E-state index in [1.165, 1.54) is 29.6 Å². The predicted octanol–water partition coefficient (Wildman–Crippen LogP) is 6.62. The van der Waals surface area contributed by atoms with Crippen LogP contribution in [0.4, 0.5) is 0 Å². The number of rotatable bonds is 9. The fraction of sp³-hybridized carbons (Fsp3) is 0.579. The minimum absolute atomic E-state index is 0.733. The lowest BCUT2D eigenvalue weighted by Gasteiger charge is -2.04. The number of hydrogen-bond donors (Lipinski definition) is 0. The van der Waals surface area contributed by atoms with Crippen LogP contribution in [0.15, 0.2) is 47.6 Å². The molecule has 0 aliphatic heterocycles. The molecule has 0 fully saturated rings. The summed E-state index contributed by atoms with van der Waals surface area (Å²) in [6.45, 7) is 15.0. The average Bonchev–Trinajstić information content (AvgIpc) is 2.32. The van der Waals surface area contributed by atoms with E-state index in [4.69, 9.17) is 0 Å². The van der Waals surface area contributed by atoms with Gasteiger partial charge in [-0.15, -0.1) is 0 Å². The standard InChI is InChI=1S/C19H32/c1-7-19(15-14-17(4)5)13-9-12-18(6)11-8-10-16(2)3/h7,10,12,15,17H,1,8-9,11,13-14H2,2-6H3/b18-12+,19-15+. The average molecular weight is 260 g/mol. The van der Waals surface area contributed by atoms with Crippen LogP contribution >= 0.6 is 0 Å². The van der Waals surface area contributed by atoms with Gasteiger partial charge in [0.2, 0.25) is 0 Å². The Bertz CT molecular complexity index is 333. The molecule has 0 bridgehead atoms. The van der Waals surface area contributed by atoms with Gasteiger partial charge in [-0.3, -0.25) is 0 Å². The summed E-state index contributed by atoms with van der Waals surface area (Å²) in [4.78, 5) is 0. The molecule has 19 heavy (non-hydrogen) atoms. The summed E-state index contributed by atoms with van der Waals surface area (Å²) < 4.78 is 0. The second kappa shape index (κ2) is 10.8. The Morgan fingerprint density at radius 2 is 1.58 bits per heavy atom. The lowest BCUT2D eigenvalue weighted by molar-refractivity contribution is 0.660. The van der Waals surface area contributed by atoms with Gasteiger partial charge in [-0.05, 0) is 58.8 Å². The van der Waals surface area contributed by atoms with Crippen LogP contribution in [0.2, 0.25) is 0 Å². The lowest BCUT2D eigenvalue weighted by atomic mass is 10.0. The summed E-state index contributed by atoms with van der Waals surface area (Å²) >= 11 is 0. The van der Waals surface area contributed by atoms with E-state index in [0.717, 1.165) is 25.2 Å². The summed E-state index contributed by atoms with van der Waals surface area (Å²) in [7, 11) is 0. The van der Waals surface area contributed by atoms with E-state index >= 15 is 0 Å². The molecule has 0 saturated carbocycles. The molecule has 0 aliphatic carbocycles. The Labute approximate surface area is 121 Å². The third-order valence-corrected chi connectivity index (χ3v) is 3.13. The zero-order valence-electron chi connectivity index (χ0n) is 13.6. The third kappa shape index (κ3) is 11.8. The van der Waals surface area contributed by atoms with Crippen LogP contribution < -0.4 is 0 Å². The molecule has 0 heteroatoms. The highest BCUT2D eigenvalue weighted by Gasteiger charge is 1.95. The van der Waals surface area contributed by atoms with E-state index in [2.05, 4.69) is 59.4 Å². The molecule has 0 aromatic heterocycles. The minimum atomic E-state index is 0.733. The van der Waals surface area contributed by atoms with Crippen molar-refractivity contribution in [2.24, 2.45) is 5.92 Å². The summed E-state index contributed by atoms with van der Waals surface area (Å²) in [5.74, 6) is 0.733. The van der Waals surface area contributed by atoms with Crippen LogP contribution in [0, 0.1) is 5.92 Å². The summed E-state index contributed by atoms with van der Waals surface area (Å²) in [6.07, 6.45) is 14.8. The van der Waals surface area contributed by atoms with E-state index in [0.29, 0.717) is 0 Å². The minimum Gasteiger partial charge on any atom is -0.0988 e. The Balaban J connectivity index is 4.06. The van der Waals surface area contributed by atoms with Crippen LogP contribution in [-0.4, -0.2) is 0 Å². The molecule has 0 unspecified atom stereocenters. The SMILES string of the molecule is C=C/C(=C\CC(C)C)CC/C=C(\C)CCC=C(C)C. The largest absolute Gasteiger partial charge is 0.0988 e. The Morgan fingerprint density at radius 1 is 0.947 bits per heavy atom. The summed E-state index contributed by atoms with van der Waals surface area (Å²) in [6, 6.07) is 0. The first-order valence-electron chi connectivity index (χ1n) is 7.56. The van der Waals surface area contributed by atoms with Crippen LogP contribution in [0.25, 0.3) is 0 Å². The monoisotopic (exact) mass is 260 g/mol. The molecular weight excluding hydrogens is 228 g/mol. The number of hydrogen-bond acceptors (Lipinski definition) is 0. The maximum Gasteiger partial charge on any atom is -0.0247 e. The van der Waals surface area contributed by atoms with E-state index in [1.54, 1.807) is 0 Å². The topological polar surface area (TPSA) is 0 Å². The van der Waals surface area contributed by atoms with Crippen LogP contribution in [0.1, 0.15) is 66.7 Å². The van der Waals surface area contributed by atoms with Crippen molar-refractivity contribution in [1.82, 2.24) is 0 Å². The van der Waals surface area contributed by atoms with Gasteiger partial charge < -0.3 is 0 Å². The first-order chi connectivity index (χ1) is 8.95. The number of allylic oxidation sites excluding steroid dienone is 7. The van der Waals surface area contributed by atoms with Crippen molar-refractivity contribution in [2.75, 3.05) is 0 Å². The van der Waals surface area contributed by atoms with Crippen molar-refractivity contribution in [3.63, 3.8) is 0 Å². The zero-order chi connectivity index (χ0) is 14.7. The van der Waals surface area contributed by atoms with Gasteiger partial charge in [0, 0.05) is 0 Å². The molecule has 108 valence electrons. The highest BCUT2D eigenvalue weighted by molar-refractivity contribution is 5.17. The van der Waals surface area contributed by atoms with Crippen LogP contribution in [-0.2, 0) is 0 Å². The predicted molar refractivity (Wildman–Crippen MR) is 89.4 cm³/mol. The Hall–Kier alpha value is -1.04. The first-order valence-corrected chi connectivity index (χ1v) is 7.56. The second-order valence-electron chi connectivity index (χ2n) is 6.02. The quantitative estimate of drug-likeness (QED) is 0.323. The molecule has 0 saturated heterocycles. The molecule has 0 radical (unpaired) electrons. The van der Waals surface area contributed by atoms with E-state index in [-0.39, 0.29) is 0 Å². The van der Waals surface area contributed by atoms with Crippen molar-refractivity contribution in [3.8, 4) is 0 Å². The van der Waals surface area contributed by atoms with Gasteiger partial charge in [-0.25, -0.2) is 0 Å². The van der Waals surface area contributed by atoms with Gasteiger partial charge in [0.15, 0.2) is 0 Å². The Kier molecular flexibility index (Phi) is 10.2. The van der Waals surface area contributed by atoms with Crippen LogP contribution in [0.3, 0.4) is 0 Å². The van der Waals surface area contributed by atoms with Gasteiger partial charge in [-0.2, -0.15) is 0 Å². The molecule has 0 nitrogen and oxygen atoms in total. The van der Waals surface area contributed by atoms with Gasteiger partial charge >= 0.3 is 0 Å². The molecule has 0 aromatic rings. The zero-order valence-corrected chi connectivity index (χ0v) is 13.6.